The van der Waals surface area contributed by atoms with Crippen LogP contribution in [0.4, 0.5) is 5.69 Å². The van der Waals surface area contributed by atoms with Gasteiger partial charge in [-0.15, -0.1) is 0 Å². The van der Waals surface area contributed by atoms with E-state index in [4.69, 9.17) is 0 Å². The molecular weight excluding hydrogens is 556 g/mol. The molecular formula is C31H42N4O8. The van der Waals surface area contributed by atoms with E-state index >= 15 is 0 Å². The van der Waals surface area contributed by atoms with Crippen LogP contribution in [0.25, 0.3) is 0 Å². The molecule has 1 aromatic rings. The normalized spacial score (nSPS) is 28.7. The summed E-state index contributed by atoms with van der Waals surface area (Å²) in [4.78, 5) is 83.3. The van der Waals surface area contributed by atoms with Crippen molar-refractivity contribution in [2.24, 2.45) is 29.1 Å². The number of imide groups is 1. The summed E-state index contributed by atoms with van der Waals surface area (Å²) >= 11 is 0. The fourth-order valence-electron chi connectivity index (χ4n) is 7.04. The monoisotopic (exact) mass is 598 g/mol. The lowest BCUT2D eigenvalue weighted by Crippen LogP contribution is -2.74. The number of amides is 2. The molecule has 4 rings (SSSR count). The zero-order chi connectivity index (χ0) is 32.3. The minimum atomic E-state index is -2.82. The Morgan fingerprint density at radius 3 is 2.23 bits per heavy atom. The summed E-state index contributed by atoms with van der Waals surface area (Å²) in [7, 11) is 6.70. The Morgan fingerprint density at radius 1 is 1.07 bits per heavy atom. The van der Waals surface area contributed by atoms with Crippen LogP contribution in [0.1, 0.15) is 55.6 Å². The highest BCUT2D eigenvalue weighted by molar-refractivity contribution is 6.33. The maximum absolute atomic E-state index is 14.2. The van der Waals surface area contributed by atoms with E-state index in [1.807, 2.05) is 30.4 Å². The standard InChI is InChI=1S/C31H42N4O8/c1-14(36)33-29(42)22-26(39)23(35(7)8)18-10-15-9-17-19(34(5)6)11-16(12-32-13-30(2,3)4)24(37)21(17)25(38)20(15)27(40)31(18,43)28(22)41/h11,15,18,20,22-23,32,37,43H,9-10,12-13H2,1-8H3,(H,33,36,42)/t15-,18-,20?,22?,23-,31-/m0/s1. The number of rotatable bonds is 6. The molecule has 2 unspecified atom stereocenters. The third-order valence-electron chi connectivity index (χ3n) is 8.85. The fraction of sp³-hybridized carbons (Fsp3) is 0.613. The van der Waals surface area contributed by atoms with Crippen molar-refractivity contribution in [3.05, 3.63) is 22.8 Å². The van der Waals surface area contributed by atoms with Crippen LogP contribution in [0.5, 0.6) is 5.75 Å². The lowest BCUT2D eigenvalue weighted by Gasteiger charge is -2.52. The quantitative estimate of drug-likeness (QED) is 0.331. The van der Waals surface area contributed by atoms with E-state index in [2.05, 4.69) is 26.1 Å². The Kier molecular flexibility index (Phi) is 8.46. The van der Waals surface area contributed by atoms with Crippen LogP contribution >= 0.6 is 0 Å². The molecule has 2 amide bonds. The molecule has 0 bridgehead atoms. The molecule has 2 fully saturated rings. The van der Waals surface area contributed by atoms with Gasteiger partial charge in [0.05, 0.1) is 17.5 Å². The first-order chi connectivity index (χ1) is 19.8. The number of aliphatic hydroxyl groups is 1. The molecule has 2 saturated carbocycles. The molecule has 0 spiro atoms. The van der Waals surface area contributed by atoms with Gasteiger partial charge < -0.3 is 20.4 Å². The average molecular weight is 599 g/mol. The first-order valence-corrected chi connectivity index (χ1v) is 14.4. The summed E-state index contributed by atoms with van der Waals surface area (Å²) in [5.41, 5.74) is -1.16. The van der Waals surface area contributed by atoms with Gasteiger partial charge in [-0.3, -0.25) is 39.0 Å². The van der Waals surface area contributed by atoms with E-state index in [0.29, 0.717) is 23.4 Å². The van der Waals surface area contributed by atoms with Crippen LogP contribution in [0.3, 0.4) is 0 Å². The highest BCUT2D eigenvalue weighted by Gasteiger charge is 2.69. The van der Waals surface area contributed by atoms with Crippen LogP contribution in [0.2, 0.25) is 0 Å². The number of carbonyl (C=O) groups excluding carboxylic acids is 6. The molecule has 6 atom stereocenters. The van der Waals surface area contributed by atoms with E-state index in [-0.39, 0.29) is 36.1 Å². The number of phenols is 1. The molecule has 43 heavy (non-hydrogen) atoms. The molecule has 4 N–H and O–H groups in total. The van der Waals surface area contributed by atoms with Gasteiger partial charge in [0.2, 0.25) is 11.8 Å². The maximum Gasteiger partial charge on any atom is 0.244 e. The van der Waals surface area contributed by atoms with Gasteiger partial charge in [-0.2, -0.15) is 0 Å². The topological polar surface area (TPSA) is 173 Å². The first-order valence-electron chi connectivity index (χ1n) is 14.4. The van der Waals surface area contributed by atoms with Crippen molar-refractivity contribution in [2.45, 2.75) is 58.7 Å². The molecule has 234 valence electrons. The predicted octanol–water partition coefficient (Wildman–Crippen LogP) is 0.246. The molecule has 3 aliphatic rings. The summed E-state index contributed by atoms with van der Waals surface area (Å²) in [6, 6.07) is 0.609. The van der Waals surface area contributed by atoms with Gasteiger partial charge in [0, 0.05) is 51.3 Å². The number of hydrogen-bond acceptors (Lipinski definition) is 11. The van der Waals surface area contributed by atoms with Crippen LogP contribution in [0.15, 0.2) is 6.07 Å². The number of anilines is 1. The van der Waals surface area contributed by atoms with Crippen molar-refractivity contribution in [3.8, 4) is 5.75 Å². The van der Waals surface area contributed by atoms with Crippen molar-refractivity contribution in [2.75, 3.05) is 39.6 Å². The van der Waals surface area contributed by atoms with Crippen molar-refractivity contribution >= 4 is 40.6 Å². The number of ketones is 4. The Labute approximate surface area is 251 Å². The van der Waals surface area contributed by atoms with Gasteiger partial charge in [0.1, 0.15) is 5.75 Å². The van der Waals surface area contributed by atoms with Crippen molar-refractivity contribution in [1.82, 2.24) is 15.5 Å². The highest BCUT2D eigenvalue weighted by Crippen LogP contribution is 2.52. The largest absolute Gasteiger partial charge is 0.507 e. The Bertz CT molecular complexity index is 1410. The van der Waals surface area contributed by atoms with Gasteiger partial charge >= 0.3 is 0 Å². The number of aromatic hydroxyl groups is 1. The lowest BCUT2D eigenvalue weighted by molar-refractivity contribution is -0.181. The zero-order valence-electron chi connectivity index (χ0n) is 26.0. The number of carbonyl (C=O) groups is 6. The predicted molar refractivity (Wildman–Crippen MR) is 156 cm³/mol. The molecule has 0 aliphatic heterocycles. The lowest BCUT2D eigenvalue weighted by atomic mass is 9.52. The number of nitrogens with zero attached hydrogens (tertiary/aromatic N) is 2. The number of benzene rings is 1. The summed E-state index contributed by atoms with van der Waals surface area (Å²) in [6.07, 6.45) is 0.166. The summed E-state index contributed by atoms with van der Waals surface area (Å²) in [5.74, 6) is -11.7. The summed E-state index contributed by atoms with van der Waals surface area (Å²) in [6.45, 7) is 8.11. The van der Waals surface area contributed by atoms with E-state index in [1.54, 1.807) is 0 Å². The van der Waals surface area contributed by atoms with Crippen molar-refractivity contribution in [1.29, 1.82) is 0 Å². The average Bonchev–Trinajstić information content (AvgIpc) is 2.86. The van der Waals surface area contributed by atoms with Crippen LogP contribution < -0.4 is 15.5 Å². The van der Waals surface area contributed by atoms with E-state index in [0.717, 1.165) is 6.92 Å². The maximum atomic E-state index is 14.2. The van der Waals surface area contributed by atoms with Crippen molar-refractivity contribution in [3.63, 3.8) is 0 Å². The minimum Gasteiger partial charge on any atom is -0.507 e. The number of hydrogen-bond donors (Lipinski definition) is 4. The molecule has 0 saturated heterocycles. The number of nitrogens with one attached hydrogen (secondary N) is 2. The molecule has 12 nitrogen and oxygen atoms in total. The van der Waals surface area contributed by atoms with Gasteiger partial charge in [0.25, 0.3) is 0 Å². The second kappa shape index (κ2) is 11.2. The second-order valence-electron chi connectivity index (χ2n) is 13.7. The fourth-order valence-corrected chi connectivity index (χ4v) is 7.04. The molecule has 0 aromatic heterocycles. The third-order valence-corrected chi connectivity index (χ3v) is 8.85. The van der Waals surface area contributed by atoms with Gasteiger partial charge in [-0.05, 0) is 49.9 Å². The Hall–Kier alpha value is -3.48. The van der Waals surface area contributed by atoms with E-state index < -0.39 is 70.3 Å². The van der Waals surface area contributed by atoms with Crippen LogP contribution in [-0.4, -0.2) is 96.4 Å². The van der Waals surface area contributed by atoms with Crippen LogP contribution in [0, 0.1) is 29.1 Å². The zero-order valence-corrected chi connectivity index (χ0v) is 26.0. The van der Waals surface area contributed by atoms with Gasteiger partial charge in [-0.1, -0.05) is 20.8 Å². The molecule has 3 aliphatic carbocycles. The second-order valence-corrected chi connectivity index (χ2v) is 13.7. The first kappa shape index (κ1) is 32.4. The molecule has 1 aromatic carbocycles. The number of phenolic OH excluding ortho intramolecular Hbond substituents is 1. The van der Waals surface area contributed by atoms with Crippen molar-refractivity contribution < 1.29 is 39.0 Å². The minimum absolute atomic E-state index is 0.0234. The number of fused-ring (bicyclic) bond motifs is 3. The molecule has 0 radical (unpaired) electrons. The number of Topliss-reactive ketones (excluding diaryl/α,β-unsaturated/α-hetero) is 4. The molecule has 0 heterocycles. The molecule has 12 heteroatoms. The summed E-state index contributed by atoms with van der Waals surface area (Å²) in [5, 5.41) is 28.5. The summed E-state index contributed by atoms with van der Waals surface area (Å²) < 4.78 is 0. The van der Waals surface area contributed by atoms with Crippen LogP contribution in [-0.2, 0) is 36.9 Å². The van der Waals surface area contributed by atoms with E-state index in [9.17, 15) is 39.0 Å². The van der Waals surface area contributed by atoms with E-state index in [1.165, 1.54) is 19.0 Å². The third kappa shape index (κ3) is 5.40. The smallest absolute Gasteiger partial charge is 0.244 e. The highest BCUT2D eigenvalue weighted by atomic mass is 16.3. The van der Waals surface area contributed by atoms with Gasteiger partial charge in [-0.25, -0.2) is 0 Å². The Morgan fingerprint density at radius 2 is 1.70 bits per heavy atom. The Balaban J connectivity index is 1.82. The SMILES string of the molecule is CC(=O)NC(=O)C1C(=O)[C@@H](N(C)C)[C@@H]2C[C@@H]3Cc4c(N(C)C)cc(CNCC(C)(C)C)c(O)c4C(=O)C3C(=O)[C@]2(O)C1=O. The number of likely N-dealkylation sites (N-methyl/N-ethyl adjacent to an activating group) is 1. The van der Waals surface area contributed by atoms with Gasteiger partial charge in [0.15, 0.2) is 34.7 Å².